The molecule has 1 aliphatic heterocycles. The summed E-state index contributed by atoms with van der Waals surface area (Å²) < 4.78 is 8.12. The van der Waals surface area contributed by atoms with Crippen molar-refractivity contribution in [1.82, 2.24) is 14.9 Å². The molecule has 1 fully saturated rings. The third-order valence-corrected chi connectivity index (χ3v) is 6.75. The largest absolute Gasteiger partial charge is 0.491 e. The maximum atomic E-state index is 5.90. The van der Waals surface area contributed by atoms with E-state index in [-0.39, 0.29) is 18.2 Å². The van der Waals surface area contributed by atoms with Crippen molar-refractivity contribution in [1.29, 1.82) is 0 Å². The number of pyridine rings is 1. The summed E-state index contributed by atoms with van der Waals surface area (Å²) in [5, 5.41) is 4.23. The molecule has 5 rings (SSSR count). The van der Waals surface area contributed by atoms with Crippen LogP contribution in [0, 0.1) is 13.8 Å². The van der Waals surface area contributed by atoms with Gasteiger partial charge in [-0.05, 0) is 112 Å². The van der Waals surface area contributed by atoms with Gasteiger partial charge in [-0.2, -0.15) is 0 Å². The zero-order chi connectivity index (χ0) is 24.5. The minimum Gasteiger partial charge on any atom is -0.491 e. The van der Waals surface area contributed by atoms with Crippen LogP contribution in [0.2, 0.25) is 0 Å². The zero-order valence-corrected chi connectivity index (χ0v) is 21.3. The van der Waals surface area contributed by atoms with Crippen molar-refractivity contribution in [3.63, 3.8) is 0 Å². The molecule has 0 saturated carbocycles. The molecule has 4 aromatic rings. The lowest BCUT2D eigenvalue weighted by Gasteiger charge is -2.29. The predicted molar refractivity (Wildman–Crippen MR) is 145 cm³/mol. The second-order valence-electron chi connectivity index (χ2n) is 9.23. The number of hydrogen-bond donors (Lipinski definition) is 1. The molecule has 5 nitrogen and oxygen atoms in total. The number of nitrogens with zero attached hydrogens (tertiary/aromatic N) is 3. The Hall–Kier alpha value is -3.64. The Balaban J connectivity index is 1.61. The maximum absolute atomic E-state index is 5.90. The molecule has 2 atom stereocenters. The fourth-order valence-electron chi connectivity index (χ4n) is 4.64. The third kappa shape index (κ3) is 4.54. The topological polar surface area (TPSA) is 42.3 Å². The summed E-state index contributed by atoms with van der Waals surface area (Å²) in [7, 11) is 0. The fourth-order valence-corrected chi connectivity index (χ4v) is 4.98. The number of aromatic nitrogens is 2. The molecule has 6 heteroatoms. The van der Waals surface area contributed by atoms with Crippen molar-refractivity contribution in [2.45, 2.75) is 45.9 Å². The monoisotopic (exact) mass is 482 g/mol. The van der Waals surface area contributed by atoms with Crippen LogP contribution >= 0.6 is 12.2 Å². The summed E-state index contributed by atoms with van der Waals surface area (Å²) in [5.41, 5.74) is 6.78. The Morgan fingerprint density at radius 1 is 0.914 bits per heavy atom. The van der Waals surface area contributed by atoms with Crippen LogP contribution in [0.4, 0.5) is 5.69 Å². The van der Waals surface area contributed by atoms with Gasteiger partial charge in [0.2, 0.25) is 0 Å². The van der Waals surface area contributed by atoms with Crippen LogP contribution in [0.15, 0.2) is 85.2 Å². The normalized spacial score (nSPS) is 17.6. The summed E-state index contributed by atoms with van der Waals surface area (Å²) in [6, 6.07) is 24.8. The third-order valence-electron chi connectivity index (χ3n) is 6.44. The molecule has 1 saturated heterocycles. The van der Waals surface area contributed by atoms with Crippen LogP contribution in [0.3, 0.4) is 0 Å². The van der Waals surface area contributed by atoms with Crippen molar-refractivity contribution < 1.29 is 4.74 Å². The molecule has 0 spiro atoms. The minimum absolute atomic E-state index is 0.0918. The fraction of sp³-hybridized carbons (Fsp3) is 0.241. The molecule has 1 aliphatic rings. The molecule has 3 heterocycles. The molecule has 35 heavy (non-hydrogen) atoms. The zero-order valence-electron chi connectivity index (χ0n) is 20.5. The van der Waals surface area contributed by atoms with E-state index in [1.165, 1.54) is 11.1 Å². The van der Waals surface area contributed by atoms with Gasteiger partial charge in [-0.1, -0.05) is 12.1 Å². The van der Waals surface area contributed by atoms with Gasteiger partial charge < -0.3 is 19.5 Å². The first-order valence-electron chi connectivity index (χ1n) is 11.9. The molecule has 2 unspecified atom stereocenters. The predicted octanol–water partition coefficient (Wildman–Crippen LogP) is 6.45. The van der Waals surface area contributed by atoms with E-state index < -0.39 is 0 Å². The number of anilines is 1. The summed E-state index contributed by atoms with van der Waals surface area (Å²) in [6.07, 6.45) is 4.08. The van der Waals surface area contributed by atoms with Gasteiger partial charge in [0.15, 0.2) is 5.11 Å². The lowest BCUT2D eigenvalue weighted by atomic mass is 10.0. The average Bonchev–Trinajstić information content (AvgIpc) is 3.46. The van der Waals surface area contributed by atoms with Gasteiger partial charge >= 0.3 is 0 Å². The Labute approximate surface area is 212 Å². The number of hydrogen-bond acceptors (Lipinski definition) is 3. The van der Waals surface area contributed by atoms with E-state index in [0.717, 1.165) is 28.5 Å². The van der Waals surface area contributed by atoms with Gasteiger partial charge in [0.1, 0.15) is 11.8 Å². The number of nitrogens with one attached hydrogen (secondary N) is 1. The number of benzene rings is 2. The summed E-state index contributed by atoms with van der Waals surface area (Å²) in [6.45, 7) is 8.35. The van der Waals surface area contributed by atoms with Crippen LogP contribution in [-0.2, 0) is 0 Å². The first-order chi connectivity index (χ1) is 16.9. The van der Waals surface area contributed by atoms with Crippen LogP contribution in [0.1, 0.15) is 48.4 Å². The summed E-state index contributed by atoms with van der Waals surface area (Å²) in [5.74, 6) is 0.846. The molecule has 2 aromatic heterocycles. The molecule has 0 amide bonds. The lowest BCUT2D eigenvalue weighted by Crippen LogP contribution is -2.30. The van der Waals surface area contributed by atoms with E-state index in [4.69, 9.17) is 17.0 Å². The number of ether oxygens (including phenoxy) is 1. The van der Waals surface area contributed by atoms with Gasteiger partial charge in [-0.3, -0.25) is 4.98 Å². The van der Waals surface area contributed by atoms with Gasteiger partial charge in [0.05, 0.1) is 17.8 Å². The Kier molecular flexibility index (Phi) is 6.31. The molecule has 1 N–H and O–H groups in total. The van der Waals surface area contributed by atoms with E-state index in [1.54, 1.807) is 0 Å². The first kappa shape index (κ1) is 23.1. The van der Waals surface area contributed by atoms with E-state index in [1.807, 2.05) is 44.3 Å². The Bertz CT molecular complexity index is 1330. The highest BCUT2D eigenvalue weighted by molar-refractivity contribution is 7.80. The lowest BCUT2D eigenvalue weighted by molar-refractivity contribution is 0.242. The van der Waals surface area contributed by atoms with E-state index in [0.29, 0.717) is 5.11 Å². The van der Waals surface area contributed by atoms with Crippen LogP contribution in [0.25, 0.3) is 5.69 Å². The number of aryl methyl sites for hydroxylation is 2. The molecule has 0 bridgehead atoms. The molecule has 0 aliphatic carbocycles. The molecule has 0 radical (unpaired) electrons. The SMILES string of the molecule is Cc1ccc(-n2cccc2C2C(c3ccccn3)NC(=S)N2c2ccc(OC(C)C)cc2)cc1C. The second-order valence-corrected chi connectivity index (χ2v) is 9.62. The standard InChI is InChI=1S/C29H30N4OS/c1-19(2)34-24-14-12-22(13-15-24)33-28(27(31-29(33)35)25-8-5-6-16-30-25)26-9-7-17-32(26)23-11-10-20(3)21(4)18-23/h5-19,27-28H,1-4H3,(H,31,35). The molecule has 2 aromatic carbocycles. The first-order valence-corrected chi connectivity index (χ1v) is 12.4. The van der Waals surface area contributed by atoms with Gasteiger partial charge in [-0.15, -0.1) is 0 Å². The second kappa shape index (κ2) is 9.55. The van der Waals surface area contributed by atoms with Gasteiger partial charge in [-0.25, -0.2) is 0 Å². The highest BCUT2D eigenvalue weighted by atomic mass is 32.1. The van der Waals surface area contributed by atoms with Crippen molar-refractivity contribution in [3.05, 3.63) is 108 Å². The highest BCUT2D eigenvalue weighted by Crippen LogP contribution is 2.42. The minimum atomic E-state index is -0.101. The van der Waals surface area contributed by atoms with Crippen LogP contribution in [0.5, 0.6) is 5.75 Å². The summed E-state index contributed by atoms with van der Waals surface area (Å²) in [4.78, 5) is 6.88. The number of rotatable bonds is 6. The van der Waals surface area contributed by atoms with E-state index >= 15 is 0 Å². The van der Waals surface area contributed by atoms with E-state index in [9.17, 15) is 0 Å². The quantitative estimate of drug-likeness (QED) is 0.320. The van der Waals surface area contributed by atoms with Crippen molar-refractivity contribution in [3.8, 4) is 11.4 Å². The molecular weight excluding hydrogens is 452 g/mol. The van der Waals surface area contributed by atoms with Crippen molar-refractivity contribution in [2.24, 2.45) is 0 Å². The van der Waals surface area contributed by atoms with Crippen LogP contribution < -0.4 is 15.0 Å². The highest BCUT2D eigenvalue weighted by Gasteiger charge is 2.42. The number of thiocarbonyl (C=S) groups is 1. The summed E-state index contributed by atoms with van der Waals surface area (Å²) >= 11 is 5.90. The molecule has 178 valence electrons. The van der Waals surface area contributed by atoms with Crippen LogP contribution in [-0.4, -0.2) is 20.8 Å². The van der Waals surface area contributed by atoms with E-state index in [2.05, 4.69) is 88.3 Å². The smallest absolute Gasteiger partial charge is 0.174 e. The van der Waals surface area contributed by atoms with Gasteiger partial charge in [0.25, 0.3) is 0 Å². The molecular formula is C29H30N4OS. The Morgan fingerprint density at radius 2 is 1.69 bits per heavy atom. The maximum Gasteiger partial charge on any atom is 0.174 e. The average molecular weight is 483 g/mol. The van der Waals surface area contributed by atoms with Crippen molar-refractivity contribution in [2.75, 3.05) is 4.90 Å². The Morgan fingerprint density at radius 3 is 2.37 bits per heavy atom. The van der Waals surface area contributed by atoms with Crippen molar-refractivity contribution >= 4 is 23.0 Å². The van der Waals surface area contributed by atoms with Gasteiger partial charge in [0, 0.05) is 29.5 Å².